The maximum atomic E-state index is 4.60. The quantitative estimate of drug-likeness (QED) is 0.658. The Bertz CT molecular complexity index is 648. The molecule has 5 nitrogen and oxygen atoms in total. The first-order valence-corrected chi connectivity index (χ1v) is 7.84. The van der Waals surface area contributed by atoms with Crippen molar-refractivity contribution < 1.29 is 0 Å². The zero-order chi connectivity index (χ0) is 14.3. The van der Waals surface area contributed by atoms with E-state index in [4.69, 9.17) is 0 Å². The lowest BCUT2D eigenvalue weighted by Crippen LogP contribution is -2.15. The van der Waals surface area contributed by atoms with Gasteiger partial charge in [-0.1, -0.05) is 6.07 Å². The predicted octanol–water partition coefficient (Wildman–Crippen LogP) is 2.65. The molecule has 0 aliphatic heterocycles. The highest BCUT2D eigenvalue weighted by Crippen LogP contribution is 2.21. The van der Waals surface area contributed by atoms with Crippen LogP contribution in [-0.4, -0.2) is 26.5 Å². The van der Waals surface area contributed by atoms with Crippen molar-refractivity contribution in [1.29, 1.82) is 0 Å². The summed E-state index contributed by atoms with van der Waals surface area (Å²) in [6.45, 7) is 1.75. The van der Waals surface area contributed by atoms with Gasteiger partial charge in [0.05, 0.1) is 11.4 Å². The minimum absolute atomic E-state index is 0.793. The van der Waals surface area contributed by atoms with E-state index in [0.29, 0.717) is 0 Å². The molecule has 0 bridgehead atoms. The van der Waals surface area contributed by atoms with E-state index in [1.165, 1.54) is 0 Å². The lowest BCUT2D eigenvalue weighted by molar-refractivity contribution is 0.635. The summed E-state index contributed by atoms with van der Waals surface area (Å²) in [4.78, 5) is 16.2. The lowest BCUT2D eigenvalue weighted by Gasteiger charge is -2.01. The maximum Gasteiger partial charge on any atom is 0.142 e. The van der Waals surface area contributed by atoms with Crippen molar-refractivity contribution in [3.63, 3.8) is 0 Å². The Morgan fingerprint density at radius 2 is 2.19 bits per heavy atom. The summed E-state index contributed by atoms with van der Waals surface area (Å²) in [6.07, 6.45) is 7.47. The topological polar surface area (TPSA) is 66.5 Å². The summed E-state index contributed by atoms with van der Waals surface area (Å²) < 4.78 is 0. The van der Waals surface area contributed by atoms with Crippen LogP contribution in [0.4, 0.5) is 0 Å². The normalized spacial score (nSPS) is 10.9. The largest absolute Gasteiger partial charge is 0.349 e. The minimum Gasteiger partial charge on any atom is -0.349 e. The van der Waals surface area contributed by atoms with Crippen LogP contribution < -0.4 is 5.32 Å². The molecule has 3 heterocycles. The van der Waals surface area contributed by atoms with Gasteiger partial charge >= 0.3 is 0 Å². The number of aromatic amines is 1. The van der Waals surface area contributed by atoms with Crippen LogP contribution in [0.25, 0.3) is 10.7 Å². The van der Waals surface area contributed by atoms with Gasteiger partial charge in [-0.3, -0.25) is 4.98 Å². The Balaban J connectivity index is 1.43. The van der Waals surface area contributed by atoms with Crippen LogP contribution in [0.2, 0.25) is 0 Å². The number of nitrogens with zero attached hydrogens (tertiary/aromatic N) is 3. The van der Waals surface area contributed by atoms with Crippen molar-refractivity contribution in [2.45, 2.75) is 19.4 Å². The monoisotopic (exact) mass is 299 g/mol. The van der Waals surface area contributed by atoms with Gasteiger partial charge in [-0.05, 0) is 25.1 Å². The molecule has 0 amide bonds. The summed E-state index contributed by atoms with van der Waals surface area (Å²) in [7, 11) is 0. The highest BCUT2D eigenvalue weighted by molar-refractivity contribution is 7.13. The standard InChI is InChI=1S/C15H17N5S/c1-2-7-17-13(4-1)15-20-12(11-21-15)10-16-6-3-5-14-18-8-9-19-14/h1-2,4,7-9,11,16H,3,5-6,10H2,(H,18,19). The molecule has 3 aromatic rings. The highest BCUT2D eigenvalue weighted by Gasteiger charge is 2.05. The fraction of sp³-hybridized carbons (Fsp3) is 0.267. The molecule has 0 fully saturated rings. The Morgan fingerprint density at radius 1 is 1.19 bits per heavy atom. The molecule has 0 unspecified atom stereocenters. The van der Waals surface area contributed by atoms with Gasteiger partial charge < -0.3 is 10.3 Å². The van der Waals surface area contributed by atoms with E-state index >= 15 is 0 Å². The number of rotatable bonds is 7. The van der Waals surface area contributed by atoms with E-state index in [2.05, 4.69) is 30.6 Å². The zero-order valence-corrected chi connectivity index (χ0v) is 12.4. The van der Waals surface area contributed by atoms with Crippen molar-refractivity contribution >= 4 is 11.3 Å². The maximum absolute atomic E-state index is 4.60. The number of pyridine rings is 1. The van der Waals surface area contributed by atoms with Crippen LogP contribution in [0.1, 0.15) is 17.9 Å². The van der Waals surface area contributed by atoms with E-state index in [1.54, 1.807) is 23.7 Å². The van der Waals surface area contributed by atoms with Crippen LogP contribution in [0, 0.1) is 0 Å². The molecule has 0 saturated heterocycles. The Labute approximate surface area is 127 Å². The van der Waals surface area contributed by atoms with Gasteiger partial charge in [0.1, 0.15) is 10.8 Å². The average Bonchev–Trinajstić information content (AvgIpc) is 3.19. The van der Waals surface area contributed by atoms with Gasteiger partial charge in [-0.25, -0.2) is 9.97 Å². The van der Waals surface area contributed by atoms with Crippen LogP contribution in [0.3, 0.4) is 0 Å². The summed E-state index contributed by atoms with van der Waals surface area (Å²) in [5, 5.41) is 6.47. The summed E-state index contributed by atoms with van der Waals surface area (Å²) in [6, 6.07) is 5.88. The minimum atomic E-state index is 0.793. The van der Waals surface area contributed by atoms with Gasteiger partial charge in [0, 0.05) is 36.9 Å². The molecule has 21 heavy (non-hydrogen) atoms. The molecule has 0 aliphatic carbocycles. The third-order valence-electron chi connectivity index (χ3n) is 3.06. The lowest BCUT2D eigenvalue weighted by atomic mass is 10.3. The van der Waals surface area contributed by atoms with Gasteiger partial charge in [-0.2, -0.15) is 0 Å². The van der Waals surface area contributed by atoms with Gasteiger partial charge in [0.15, 0.2) is 0 Å². The molecule has 3 rings (SSSR count). The van der Waals surface area contributed by atoms with Crippen molar-refractivity contribution in [3.8, 4) is 10.7 Å². The van der Waals surface area contributed by atoms with E-state index in [1.807, 2.05) is 24.4 Å². The zero-order valence-electron chi connectivity index (χ0n) is 11.6. The average molecular weight is 299 g/mol. The Hall–Kier alpha value is -2.05. The van der Waals surface area contributed by atoms with Gasteiger partial charge in [0.2, 0.25) is 0 Å². The predicted molar refractivity (Wildman–Crippen MR) is 84.0 cm³/mol. The second-order valence-electron chi connectivity index (χ2n) is 4.68. The van der Waals surface area contributed by atoms with E-state index < -0.39 is 0 Å². The Morgan fingerprint density at radius 3 is 3.00 bits per heavy atom. The van der Waals surface area contributed by atoms with Crippen LogP contribution in [0.5, 0.6) is 0 Å². The van der Waals surface area contributed by atoms with Crippen molar-refractivity contribution in [2.75, 3.05) is 6.54 Å². The number of hydrogen-bond acceptors (Lipinski definition) is 5. The third kappa shape index (κ3) is 3.96. The van der Waals surface area contributed by atoms with Crippen molar-refractivity contribution in [1.82, 2.24) is 25.3 Å². The van der Waals surface area contributed by atoms with E-state index in [0.717, 1.165) is 48.2 Å². The molecule has 0 aliphatic rings. The molecule has 108 valence electrons. The van der Waals surface area contributed by atoms with E-state index in [-0.39, 0.29) is 0 Å². The first-order chi connectivity index (χ1) is 10.4. The molecule has 0 spiro atoms. The van der Waals surface area contributed by atoms with Gasteiger partial charge in [0.25, 0.3) is 0 Å². The number of H-pyrrole nitrogens is 1. The van der Waals surface area contributed by atoms with Crippen LogP contribution in [0.15, 0.2) is 42.2 Å². The molecule has 0 saturated carbocycles. The van der Waals surface area contributed by atoms with Crippen molar-refractivity contribution in [3.05, 3.63) is 53.7 Å². The molecular formula is C15H17N5S. The molecule has 0 atom stereocenters. The fourth-order valence-electron chi connectivity index (χ4n) is 2.03. The molecule has 0 aromatic carbocycles. The number of aryl methyl sites for hydroxylation is 1. The second-order valence-corrected chi connectivity index (χ2v) is 5.53. The number of thiazole rings is 1. The number of hydrogen-bond donors (Lipinski definition) is 2. The summed E-state index contributed by atoms with van der Waals surface area (Å²) in [5.74, 6) is 1.04. The SMILES string of the molecule is c1ccc(-c2nc(CNCCCc3ncc[nH]3)cs2)nc1. The van der Waals surface area contributed by atoms with E-state index in [9.17, 15) is 0 Å². The molecule has 0 radical (unpaired) electrons. The number of nitrogens with one attached hydrogen (secondary N) is 2. The smallest absolute Gasteiger partial charge is 0.142 e. The third-order valence-corrected chi connectivity index (χ3v) is 3.98. The first-order valence-electron chi connectivity index (χ1n) is 6.96. The Kier molecular flexibility index (Phi) is 4.70. The first kappa shape index (κ1) is 13.9. The molecule has 6 heteroatoms. The second kappa shape index (κ2) is 7.10. The van der Waals surface area contributed by atoms with Crippen molar-refractivity contribution in [2.24, 2.45) is 0 Å². The van der Waals surface area contributed by atoms with Crippen LogP contribution >= 0.6 is 11.3 Å². The summed E-state index contributed by atoms with van der Waals surface area (Å²) >= 11 is 1.64. The molecule has 2 N–H and O–H groups in total. The highest BCUT2D eigenvalue weighted by atomic mass is 32.1. The number of imidazole rings is 1. The summed E-state index contributed by atoms with van der Waals surface area (Å²) in [5.41, 5.74) is 2.00. The van der Waals surface area contributed by atoms with Crippen LogP contribution in [-0.2, 0) is 13.0 Å². The number of aromatic nitrogens is 4. The molecular weight excluding hydrogens is 282 g/mol. The van der Waals surface area contributed by atoms with Gasteiger partial charge in [-0.15, -0.1) is 11.3 Å². The fourth-order valence-corrected chi connectivity index (χ4v) is 2.82. The molecule has 3 aromatic heterocycles.